The van der Waals surface area contributed by atoms with E-state index >= 15 is 0 Å². The highest BCUT2D eigenvalue weighted by atomic mass is 35.5. The topological polar surface area (TPSA) is 89.9 Å². The maximum atomic E-state index is 14.2. The molecule has 2 N–H and O–H groups in total. The Morgan fingerprint density at radius 1 is 1.11 bits per heavy atom. The van der Waals surface area contributed by atoms with Crippen molar-refractivity contribution >= 4 is 34.2 Å². The molecule has 1 atom stereocenters. The number of rotatable bonds is 6. The minimum atomic E-state index is -0.698. The van der Waals surface area contributed by atoms with Gasteiger partial charge in [-0.05, 0) is 38.2 Å². The fourth-order valence-electron chi connectivity index (χ4n) is 4.43. The molecule has 1 aliphatic rings. The summed E-state index contributed by atoms with van der Waals surface area (Å²) in [7, 11) is 3.61. The Bertz CT molecular complexity index is 1390. The van der Waals surface area contributed by atoms with Gasteiger partial charge in [0.1, 0.15) is 23.5 Å². The standard InChI is InChI=1S/C26H27ClFN5O3/c1-15(22-20(34-3)6-5-19(28)23(22)27)36-25-24-17(13-31-26(25)29)18(14-35-24)16-4-7-21(30-12-16)33-10-8-32(2)9-11-33/h4-7,12-15H,8-11H2,1-3H3,(H2,29,31)/t15-/m1/s1. The molecule has 188 valence electrons. The van der Waals surface area contributed by atoms with Crippen molar-refractivity contribution in [2.75, 3.05) is 51.0 Å². The highest BCUT2D eigenvalue weighted by molar-refractivity contribution is 6.31. The summed E-state index contributed by atoms with van der Waals surface area (Å²) in [6.07, 6.45) is 4.40. The number of hydrogen-bond donors (Lipinski definition) is 1. The van der Waals surface area contributed by atoms with Crippen LogP contribution < -0.4 is 20.1 Å². The van der Waals surface area contributed by atoms with Crippen molar-refractivity contribution in [3.05, 3.63) is 59.3 Å². The molecule has 4 heterocycles. The van der Waals surface area contributed by atoms with Crippen LogP contribution in [0.1, 0.15) is 18.6 Å². The van der Waals surface area contributed by atoms with Crippen LogP contribution in [-0.2, 0) is 0 Å². The predicted octanol–water partition coefficient (Wildman–Crippen LogP) is 5.16. The molecule has 4 aromatic rings. The lowest BCUT2D eigenvalue weighted by Crippen LogP contribution is -2.44. The lowest BCUT2D eigenvalue weighted by atomic mass is 10.1. The second kappa shape index (κ2) is 9.83. The molecule has 8 nitrogen and oxygen atoms in total. The zero-order valence-corrected chi connectivity index (χ0v) is 21.1. The van der Waals surface area contributed by atoms with E-state index in [1.54, 1.807) is 19.4 Å². The van der Waals surface area contributed by atoms with Gasteiger partial charge in [-0.2, -0.15) is 0 Å². The lowest BCUT2D eigenvalue weighted by Gasteiger charge is -2.33. The Labute approximate surface area is 213 Å². The third kappa shape index (κ3) is 4.40. The second-order valence-corrected chi connectivity index (χ2v) is 9.18. The van der Waals surface area contributed by atoms with Crippen LogP contribution >= 0.6 is 11.6 Å². The minimum Gasteiger partial charge on any atom is -0.496 e. The molecule has 36 heavy (non-hydrogen) atoms. The number of furan rings is 1. The van der Waals surface area contributed by atoms with Crippen molar-refractivity contribution in [3.63, 3.8) is 0 Å². The monoisotopic (exact) mass is 511 g/mol. The molecule has 0 amide bonds. The quantitative estimate of drug-likeness (QED) is 0.379. The molecule has 0 spiro atoms. The molecule has 1 aromatic carbocycles. The number of piperazine rings is 1. The van der Waals surface area contributed by atoms with E-state index in [9.17, 15) is 4.39 Å². The van der Waals surface area contributed by atoms with E-state index in [-0.39, 0.29) is 16.6 Å². The molecule has 0 aliphatic carbocycles. The average molecular weight is 512 g/mol. The van der Waals surface area contributed by atoms with Gasteiger partial charge in [-0.15, -0.1) is 0 Å². The Morgan fingerprint density at radius 2 is 1.89 bits per heavy atom. The molecule has 10 heteroatoms. The highest BCUT2D eigenvalue weighted by Gasteiger charge is 2.24. The van der Waals surface area contributed by atoms with E-state index < -0.39 is 11.9 Å². The lowest BCUT2D eigenvalue weighted by molar-refractivity contribution is 0.221. The number of nitrogens with zero attached hydrogens (tertiary/aromatic N) is 4. The van der Waals surface area contributed by atoms with Gasteiger partial charge in [0.15, 0.2) is 11.4 Å². The molecule has 0 radical (unpaired) electrons. The van der Waals surface area contributed by atoms with E-state index in [1.165, 1.54) is 19.2 Å². The number of nitrogen functional groups attached to an aromatic ring is 1. The van der Waals surface area contributed by atoms with Gasteiger partial charge < -0.3 is 29.4 Å². The first kappa shape index (κ1) is 24.1. The van der Waals surface area contributed by atoms with Crippen molar-refractivity contribution < 1.29 is 18.3 Å². The summed E-state index contributed by atoms with van der Waals surface area (Å²) in [5.74, 6) is 1.17. The maximum absolute atomic E-state index is 14.2. The minimum absolute atomic E-state index is 0.0767. The number of nitrogens with two attached hydrogens (primary N) is 1. The summed E-state index contributed by atoms with van der Waals surface area (Å²) in [4.78, 5) is 13.6. The van der Waals surface area contributed by atoms with Gasteiger partial charge in [0.2, 0.25) is 5.75 Å². The summed E-state index contributed by atoms with van der Waals surface area (Å²) in [5.41, 5.74) is 8.65. The van der Waals surface area contributed by atoms with Gasteiger partial charge in [-0.1, -0.05) is 11.6 Å². The summed E-state index contributed by atoms with van der Waals surface area (Å²) in [5, 5.41) is 0.644. The number of benzene rings is 1. The molecular weight excluding hydrogens is 485 g/mol. The van der Waals surface area contributed by atoms with E-state index in [4.69, 9.17) is 31.2 Å². The molecule has 3 aromatic heterocycles. The molecular formula is C26H27ClFN5O3. The van der Waals surface area contributed by atoms with Crippen LogP contribution in [0.25, 0.3) is 22.1 Å². The molecule has 5 rings (SSSR count). The van der Waals surface area contributed by atoms with Crippen LogP contribution in [0.5, 0.6) is 11.5 Å². The first-order chi connectivity index (χ1) is 17.4. The van der Waals surface area contributed by atoms with Crippen LogP contribution in [0.15, 0.2) is 47.3 Å². The van der Waals surface area contributed by atoms with Gasteiger partial charge in [0.25, 0.3) is 0 Å². The average Bonchev–Trinajstić information content (AvgIpc) is 3.32. The van der Waals surface area contributed by atoms with Crippen molar-refractivity contribution in [3.8, 4) is 22.6 Å². The molecule has 1 aliphatic heterocycles. The molecule has 0 saturated carbocycles. The SMILES string of the molecule is COc1ccc(F)c(Cl)c1[C@@H](C)Oc1c(N)ncc2c(-c3ccc(N4CCN(C)CC4)nc3)coc12. The Balaban J connectivity index is 1.45. The Morgan fingerprint density at radius 3 is 2.58 bits per heavy atom. The van der Waals surface area contributed by atoms with Crippen molar-refractivity contribution in [2.24, 2.45) is 0 Å². The van der Waals surface area contributed by atoms with Gasteiger partial charge in [-0.3, -0.25) is 0 Å². The zero-order valence-electron chi connectivity index (χ0n) is 20.3. The Kier molecular flexibility index (Phi) is 6.59. The summed E-state index contributed by atoms with van der Waals surface area (Å²) in [6.45, 7) is 5.64. The van der Waals surface area contributed by atoms with Crippen LogP contribution in [0.4, 0.5) is 16.0 Å². The van der Waals surface area contributed by atoms with Gasteiger partial charge >= 0.3 is 0 Å². The molecule has 0 unspecified atom stereocenters. The fraction of sp³-hybridized carbons (Fsp3) is 0.308. The Hall–Kier alpha value is -3.56. The third-order valence-electron chi connectivity index (χ3n) is 6.50. The predicted molar refractivity (Wildman–Crippen MR) is 138 cm³/mol. The molecule has 0 bridgehead atoms. The van der Waals surface area contributed by atoms with Crippen molar-refractivity contribution in [1.29, 1.82) is 0 Å². The summed E-state index contributed by atoms with van der Waals surface area (Å²) in [6, 6.07) is 6.78. The normalized spacial score (nSPS) is 15.3. The number of hydrogen-bond acceptors (Lipinski definition) is 8. The van der Waals surface area contributed by atoms with E-state index in [0.29, 0.717) is 16.9 Å². The largest absolute Gasteiger partial charge is 0.496 e. The van der Waals surface area contributed by atoms with Gasteiger partial charge in [0.05, 0.1) is 29.3 Å². The number of anilines is 2. The second-order valence-electron chi connectivity index (χ2n) is 8.80. The fourth-order valence-corrected chi connectivity index (χ4v) is 4.74. The maximum Gasteiger partial charge on any atom is 0.205 e. The van der Waals surface area contributed by atoms with Crippen LogP contribution in [-0.4, -0.2) is 55.2 Å². The van der Waals surface area contributed by atoms with Crippen molar-refractivity contribution in [1.82, 2.24) is 14.9 Å². The zero-order chi connectivity index (χ0) is 25.4. The summed E-state index contributed by atoms with van der Waals surface area (Å²) >= 11 is 6.24. The van der Waals surface area contributed by atoms with E-state index in [1.807, 2.05) is 18.3 Å². The van der Waals surface area contributed by atoms with Crippen LogP contribution in [0, 0.1) is 5.82 Å². The number of likely N-dealkylation sites (N-methyl/N-ethyl adjacent to an activating group) is 1. The van der Waals surface area contributed by atoms with E-state index in [0.717, 1.165) is 48.5 Å². The van der Waals surface area contributed by atoms with Gasteiger partial charge in [-0.25, -0.2) is 14.4 Å². The molecule has 1 saturated heterocycles. The third-order valence-corrected chi connectivity index (χ3v) is 6.89. The van der Waals surface area contributed by atoms with Crippen LogP contribution in [0.3, 0.4) is 0 Å². The van der Waals surface area contributed by atoms with Crippen LogP contribution in [0.2, 0.25) is 5.02 Å². The highest BCUT2D eigenvalue weighted by Crippen LogP contribution is 2.42. The van der Waals surface area contributed by atoms with E-state index in [2.05, 4.69) is 26.8 Å². The summed E-state index contributed by atoms with van der Waals surface area (Å²) < 4.78 is 31.6. The number of ether oxygens (including phenoxy) is 2. The number of fused-ring (bicyclic) bond motifs is 1. The number of pyridine rings is 2. The number of aromatic nitrogens is 2. The smallest absolute Gasteiger partial charge is 0.205 e. The first-order valence-corrected chi connectivity index (χ1v) is 12.0. The molecule has 1 fully saturated rings. The van der Waals surface area contributed by atoms with Gasteiger partial charge in [0, 0.05) is 49.7 Å². The van der Waals surface area contributed by atoms with Crippen molar-refractivity contribution in [2.45, 2.75) is 13.0 Å². The number of methoxy groups -OCH3 is 1. The number of halogens is 2. The first-order valence-electron chi connectivity index (χ1n) is 11.6.